The Morgan fingerprint density at radius 3 is 0.400 bits per heavy atom. The van der Waals surface area contributed by atoms with Gasteiger partial charge in [0.15, 0.2) is 0 Å². The standard InChI is InChI=1S/8K.3H2O3Si.8H/c;;;;;;;;3*1-4(2)3;;;;;;;;/h;;;;;;;;3*1-2H;;;;;;;;/q8*+1;;;;8*-1. The molecule has 0 atom stereocenters. The van der Waals surface area contributed by atoms with Crippen molar-refractivity contribution in [1.29, 1.82) is 0 Å². The van der Waals surface area contributed by atoms with Gasteiger partial charge in [0.1, 0.15) is 0 Å². The summed E-state index contributed by atoms with van der Waals surface area (Å²) in [4.78, 5) is 42.9. The SMILES string of the molecule is O=[Si](O)O.O=[Si](O)O.O=[Si](O)O.[H-].[H-].[H-].[H-].[H-].[H-].[H-].[H-].[K+].[K+].[K+].[K+].[K+].[K+].[K+].[K+]. The molecule has 0 heterocycles. The van der Waals surface area contributed by atoms with Gasteiger partial charge in [-0.15, -0.1) is 0 Å². The predicted molar refractivity (Wildman–Crippen MR) is 41.5 cm³/mol. The first-order chi connectivity index (χ1) is 5.20. The zero-order valence-corrected chi connectivity index (χ0v) is 41.4. The molecule has 20 heteroatoms. The molecule has 0 aromatic carbocycles. The molecule has 0 aliphatic heterocycles. The van der Waals surface area contributed by atoms with E-state index in [0.29, 0.717) is 0 Å². The van der Waals surface area contributed by atoms with Gasteiger partial charge < -0.3 is 40.2 Å². The fourth-order valence-corrected chi connectivity index (χ4v) is 0. The molecule has 0 aromatic rings. The molecule has 0 saturated heterocycles. The molecule has 88 valence electrons. The van der Waals surface area contributed by atoms with Crippen molar-refractivity contribution in [3.63, 3.8) is 0 Å². The molecule has 20 heavy (non-hydrogen) atoms. The van der Waals surface area contributed by atoms with Gasteiger partial charge in [0.05, 0.1) is 0 Å². The minimum atomic E-state index is -3.13. The van der Waals surface area contributed by atoms with E-state index >= 15 is 0 Å². The van der Waals surface area contributed by atoms with E-state index in [1.807, 2.05) is 0 Å². The fourth-order valence-electron chi connectivity index (χ4n) is 0. The minimum Gasteiger partial charge on any atom is -1.00 e. The van der Waals surface area contributed by atoms with Gasteiger partial charge in [-0.25, -0.2) is 0 Å². The Morgan fingerprint density at radius 2 is 0.400 bits per heavy atom. The maximum absolute atomic E-state index is 8.74. The Hall–Kier alpha value is 11.9. The van der Waals surface area contributed by atoms with E-state index in [9.17, 15) is 0 Å². The van der Waals surface area contributed by atoms with Gasteiger partial charge in [0, 0.05) is 0 Å². The van der Waals surface area contributed by atoms with E-state index in [-0.39, 0.29) is 422 Å². The molecular weight excluding hydrogens is 541 g/mol. The number of hydrogen-bond donors (Lipinski definition) is 6. The zero-order chi connectivity index (χ0) is 10.7. The molecule has 9 nitrogen and oxygen atoms in total. The van der Waals surface area contributed by atoms with Gasteiger partial charge in [-0.1, -0.05) is 0 Å². The second-order valence-electron chi connectivity index (χ2n) is 0.848. The van der Waals surface area contributed by atoms with Crippen LogP contribution in [0.2, 0.25) is 0 Å². The van der Waals surface area contributed by atoms with Crippen molar-refractivity contribution in [3.8, 4) is 0 Å². The van der Waals surface area contributed by atoms with Crippen molar-refractivity contribution in [2.24, 2.45) is 0 Å². The summed E-state index contributed by atoms with van der Waals surface area (Å²) in [6, 6.07) is 0. The summed E-state index contributed by atoms with van der Waals surface area (Å²) >= 11 is 0. The molecule has 0 aromatic heterocycles. The van der Waals surface area contributed by atoms with Crippen molar-refractivity contribution in [3.05, 3.63) is 0 Å². The minimum absolute atomic E-state index is 0. The molecule has 0 aliphatic rings. The smallest absolute Gasteiger partial charge is 1.00 e. The topological polar surface area (TPSA) is 173 Å². The first-order valence-corrected chi connectivity index (χ1v) is 5.86. The number of rotatable bonds is 0. The summed E-state index contributed by atoms with van der Waals surface area (Å²) < 4.78 is 26.2. The third kappa shape index (κ3) is 176. The third-order valence-corrected chi connectivity index (χ3v) is 0. The molecule has 0 rings (SSSR count). The molecule has 0 bridgehead atoms. The molecule has 0 saturated carbocycles. The molecule has 0 unspecified atom stereocenters. The second kappa shape index (κ2) is 63.3. The van der Waals surface area contributed by atoms with E-state index in [0.717, 1.165) is 0 Å². The zero-order valence-electron chi connectivity index (χ0n) is 21.4. The number of hydrogen-bond acceptors (Lipinski definition) is 3. The summed E-state index contributed by atoms with van der Waals surface area (Å²) in [6.45, 7) is 0. The molecule has 0 aliphatic carbocycles. The second-order valence-corrected chi connectivity index (χ2v) is 2.54. The van der Waals surface area contributed by atoms with E-state index in [1.165, 1.54) is 0 Å². The van der Waals surface area contributed by atoms with E-state index in [1.54, 1.807) is 0 Å². The van der Waals surface area contributed by atoms with Crippen LogP contribution in [-0.4, -0.2) is 56.3 Å². The Kier molecular flexibility index (Phi) is 221. The van der Waals surface area contributed by atoms with Crippen LogP contribution in [0.4, 0.5) is 0 Å². The van der Waals surface area contributed by atoms with Crippen LogP contribution in [0.25, 0.3) is 0 Å². The van der Waals surface area contributed by atoms with Crippen LogP contribution < -0.4 is 411 Å². The Bertz CT molecular complexity index is 151. The van der Waals surface area contributed by atoms with Gasteiger partial charge >= 0.3 is 439 Å². The largest absolute Gasteiger partial charge is 1.00 e. The van der Waals surface area contributed by atoms with Crippen LogP contribution >= 0.6 is 0 Å². The van der Waals surface area contributed by atoms with Gasteiger partial charge in [0.2, 0.25) is 0 Å². The first kappa shape index (κ1) is 69.7. The van der Waals surface area contributed by atoms with Gasteiger partial charge in [-0.3, -0.25) is 13.4 Å². The van der Waals surface area contributed by atoms with Crippen molar-refractivity contribution in [1.82, 2.24) is 0 Å². The van der Waals surface area contributed by atoms with Gasteiger partial charge in [-0.05, 0) is 0 Å². The summed E-state index contributed by atoms with van der Waals surface area (Å²) in [5, 5.41) is 0. The molecule has 0 amide bonds. The molecule has 0 spiro atoms. The summed E-state index contributed by atoms with van der Waals surface area (Å²) in [5.74, 6) is 0. The average Bonchev–Trinajstić information content (AvgIpc) is 1.54. The van der Waals surface area contributed by atoms with Crippen molar-refractivity contribution >= 4 is 27.5 Å². The van der Waals surface area contributed by atoms with Crippen molar-refractivity contribution in [2.45, 2.75) is 0 Å². The average molecular weight is 555 g/mol. The van der Waals surface area contributed by atoms with Gasteiger partial charge in [0.25, 0.3) is 0 Å². The monoisotopic (exact) mass is 554 g/mol. The van der Waals surface area contributed by atoms with Crippen molar-refractivity contribution < 1.29 is 465 Å². The van der Waals surface area contributed by atoms with Crippen LogP contribution in [0.3, 0.4) is 0 Å². The maximum atomic E-state index is 8.74. The van der Waals surface area contributed by atoms with E-state index in [2.05, 4.69) is 0 Å². The first-order valence-electron chi connectivity index (χ1n) is 1.95. The third-order valence-electron chi connectivity index (χ3n) is 0. The van der Waals surface area contributed by atoms with Crippen LogP contribution in [0.15, 0.2) is 0 Å². The Morgan fingerprint density at radius 1 is 0.400 bits per heavy atom. The normalized spacial score (nSPS) is 3.60. The predicted octanol–water partition coefficient (Wildman–Crippen LogP) is -27.9. The fraction of sp³-hybridized carbons (Fsp3) is 0. The Balaban J connectivity index is -0.00000000199. The maximum Gasteiger partial charge on any atom is 1.00 e. The summed E-state index contributed by atoms with van der Waals surface area (Å²) in [6.07, 6.45) is 0. The Labute approximate surface area is 474 Å². The van der Waals surface area contributed by atoms with Crippen LogP contribution in [-0.2, 0) is 13.4 Å². The van der Waals surface area contributed by atoms with Crippen molar-refractivity contribution in [2.75, 3.05) is 0 Å². The molecule has 6 N–H and O–H groups in total. The van der Waals surface area contributed by atoms with Crippen LogP contribution in [0, 0.1) is 0 Å². The van der Waals surface area contributed by atoms with Gasteiger partial charge in [-0.2, -0.15) is 0 Å². The van der Waals surface area contributed by atoms with E-state index < -0.39 is 27.5 Å². The summed E-state index contributed by atoms with van der Waals surface area (Å²) in [5.41, 5.74) is 0. The molecule has 0 fully saturated rings. The molecule has 0 radical (unpaired) electrons. The quantitative estimate of drug-likeness (QED) is 0.159. The summed E-state index contributed by atoms with van der Waals surface area (Å²) in [7, 11) is -9.39. The van der Waals surface area contributed by atoms with E-state index in [4.69, 9.17) is 42.2 Å². The van der Waals surface area contributed by atoms with Crippen LogP contribution in [0.1, 0.15) is 11.4 Å². The van der Waals surface area contributed by atoms with Crippen LogP contribution in [0.5, 0.6) is 0 Å². The molecular formula is H14K8O9Si3.